The Hall–Kier alpha value is -5.02. The van der Waals surface area contributed by atoms with E-state index in [4.69, 9.17) is 21.1 Å². The zero-order chi connectivity index (χ0) is 28.1. The summed E-state index contributed by atoms with van der Waals surface area (Å²) in [5, 5.41) is 7.58. The van der Waals surface area contributed by atoms with Crippen LogP contribution in [-0.4, -0.2) is 35.5 Å². The van der Waals surface area contributed by atoms with Crippen molar-refractivity contribution in [1.29, 1.82) is 0 Å². The van der Waals surface area contributed by atoms with Crippen LogP contribution in [0.2, 0.25) is 5.02 Å². The largest absolute Gasteiger partial charge is 0.493 e. The Bertz CT molecular complexity index is 1790. The van der Waals surface area contributed by atoms with Crippen molar-refractivity contribution in [3.63, 3.8) is 0 Å². The summed E-state index contributed by atoms with van der Waals surface area (Å²) in [4.78, 5) is 30.4. The summed E-state index contributed by atoms with van der Waals surface area (Å²) < 4.78 is 25.7. The number of hydrogen-bond acceptors (Lipinski definition) is 6. The molecule has 0 bridgehead atoms. The Labute approximate surface area is 233 Å². The van der Waals surface area contributed by atoms with E-state index in [1.54, 1.807) is 36.4 Å². The van der Waals surface area contributed by atoms with Gasteiger partial charge < -0.3 is 14.8 Å². The lowest BCUT2D eigenvalue weighted by Gasteiger charge is -2.13. The Morgan fingerprint density at radius 2 is 1.82 bits per heavy atom. The standard InChI is InChI=1S/C30H22ClFN4O4/c1-39-26-15-19(14-24(31)28(26)40-18-27(37)34-22-11-7-10-21(32)16-22)17-33-36-29(20-8-3-2-4-9-20)35-25-13-6-5-12-23(25)30(36)38/h2-17H,18H2,1H3,(H,34,37). The van der Waals surface area contributed by atoms with Crippen LogP contribution in [0.4, 0.5) is 10.1 Å². The molecule has 1 N–H and O–H groups in total. The molecular formula is C30H22ClFN4O4. The summed E-state index contributed by atoms with van der Waals surface area (Å²) in [5.41, 5.74) is 1.76. The summed E-state index contributed by atoms with van der Waals surface area (Å²) in [6, 6.07) is 25.0. The molecule has 0 saturated heterocycles. The van der Waals surface area contributed by atoms with Gasteiger partial charge in [-0.2, -0.15) is 9.78 Å². The lowest BCUT2D eigenvalue weighted by atomic mass is 10.2. The summed E-state index contributed by atoms with van der Waals surface area (Å²) in [5.74, 6) is -0.211. The van der Waals surface area contributed by atoms with E-state index in [1.165, 1.54) is 36.2 Å². The molecule has 4 aromatic carbocycles. The van der Waals surface area contributed by atoms with Gasteiger partial charge in [0, 0.05) is 11.3 Å². The van der Waals surface area contributed by atoms with Crippen LogP contribution in [0.25, 0.3) is 22.3 Å². The molecule has 0 aliphatic heterocycles. The molecule has 200 valence electrons. The van der Waals surface area contributed by atoms with Crippen LogP contribution in [0.1, 0.15) is 5.56 Å². The van der Waals surface area contributed by atoms with Gasteiger partial charge in [0.15, 0.2) is 23.9 Å². The third-order valence-corrected chi connectivity index (χ3v) is 6.10. The van der Waals surface area contributed by atoms with Gasteiger partial charge in [0.25, 0.3) is 11.5 Å². The first-order valence-corrected chi connectivity index (χ1v) is 12.5. The molecule has 40 heavy (non-hydrogen) atoms. The number of anilines is 1. The van der Waals surface area contributed by atoms with E-state index in [0.717, 1.165) is 5.56 Å². The number of para-hydroxylation sites is 1. The fourth-order valence-corrected chi connectivity index (χ4v) is 4.26. The maximum absolute atomic E-state index is 13.4. The summed E-state index contributed by atoms with van der Waals surface area (Å²) in [6.45, 7) is -0.390. The van der Waals surface area contributed by atoms with Gasteiger partial charge in [-0.1, -0.05) is 60.1 Å². The molecule has 0 fully saturated rings. The molecule has 0 saturated carbocycles. The molecule has 0 unspecified atom stereocenters. The van der Waals surface area contributed by atoms with Gasteiger partial charge in [-0.15, -0.1) is 0 Å². The Morgan fingerprint density at radius 3 is 2.60 bits per heavy atom. The topological polar surface area (TPSA) is 94.8 Å². The minimum atomic E-state index is -0.508. The van der Waals surface area contributed by atoms with Crippen molar-refractivity contribution in [2.75, 3.05) is 19.0 Å². The first kappa shape index (κ1) is 26.6. The monoisotopic (exact) mass is 556 g/mol. The molecule has 0 atom stereocenters. The summed E-state index contributed by atoms with van der Waals surface area (Å²) >= 11 is 6.47. The third kappa shape index (κ3) is 5.84. The van der Waals surface area contributed by atoms with Crippen molar-refractivity contribution in [3.8, 4) is 22.9 Å². The number of halogens is 2. The van der Waals surface area contributed by atoms with Crippen LogP contribution in [0.3, 0.4) is 0 Å². The van der Waals surface area contributed by atoms with Crippen LogP contribution in [0, 0.1) is 5.82 Å². The van der Waals surface area contributed by atoms with Gasteiger partial charge in [0.1, 0.15) is 5.82 Å². The van der Waals surface area contributed by atoms with E-state index < -0.39 is 18.3 Å². The maximum Gasteiger partial charge on any atom is 0.282 e. The number of amides is 1. The lowest BCUT2D eigenvalue weighted by Crippen LogP contribution is -2.20. The second-order valence-corrected chi connectivity index (χ2v) is 8.97. The fourth-order valence-electron chi connectivity index (χ4n) is 3.98. The van der Waals surface area contributed by atoms with Crippen molar-refractivity contribution in [1.82, 2.24) is 9.66 Å². The van der Waals surface area contributed by atoms with Gasteiger partial charge in [-0.3, -0.25) is 9.59 Å². The number of fused-ring (bicyclic) bond motifs is 1. The molecule has 8 nitrogen and oxygen atoms in total. The molecular weight excluding hydrogens is 535 g/mol. The van der Waals surface area contributed by atoms with E-state index >= 15 is 0 Å². The second kappa shape index (κ2) is 11.8. The minimum Gasteiger partial charge on any atom is -0.493 e. The number of carbonyl (C=O) groups is 1. The van der Waals surface area contributed by atoms with Crippen LogP contribution < -0.4 is 20.3 Å². The van der Waals surface area contributed by atoms with Gasteiger partial charge in [0.2, 0.25) is 0 Å². The van der Waals surface area contributed by atoms with Crippen molar-refractivity contribution < 1.29 is 18.7 Å². The third-order valence-electron chi connectivity index (χ3n) is 5.82. The molecule has 1 heterocycles. The highest BCUT2D eigenvalue weighted by molar-refractivity contribution is 6.32. The van der Waals surface area contributed by atoms with Crippen molar-refractivity contribution in [2.45, 2.75) is 0 Å². The fraction of sp³-hybridized carbons (Fsp3) is 0.0667. The Kier molecular flexibility index (Phi) is 7.84. The van der Waals surface area contributed by atoms with Crippen LogP contribution in [-0.2, 0) is 4.79 Å². The predicted octanol–water partition coefficient (Wildman–Crippen LogP) is 5.76. The minimum absolute atomic E-state index is 0.144. The first-order valence-electron chi connectivity index (χ1n) is 12.1. The number of ether oxygens (including phenoxy) is 2. The lowest BCUT2D eigenvalue weighted by molar-refractivity contribution is -0.118. The zero-order valence-electron chi connectivity index (χ0n) is 21.2. The predicted molar refractivity (Wildman–Crippen MR) is 153 cm³/mol. The molecule has 1 amide bonds. The number of nitrogens with zero attached hydrogens (tertiary/aromatic N) is 3. The van der Waals surface area contributed by atoms with Gasteiger partial charge >= 0.3 is 0 Å². The van der Waals surface area contributed by atoms with E-state index in [2.05, 4.69) is 15.4 Å². The Morgan fingerprint density at radius 1 is 1.05 bits per heavy atom. The van der Waals surface area contributed by atoms with E-state index in [0.29, 0.717) is 28.0 Å². The number of benzene rings is 4. The van der Waals surface area contributed by atoms with Crippen molar-refractivity contribution >= 4 is 40.3 Å². The number of rotatable bonds is 8. The van der Waals surface area contributed by atoms with Crippen LogP contribution in [0.15, 0.2) is 101 Å². The highest BCUT2D eigenvalue weighted by atomic mass is 35.5. The average molecular weight is 557 g/mol. The number of methoxy groups -OCH3 is 1. The molecule has 5 rings (SSSR count). The maximum atomic E-state index is 13.4. The first-order chi connectivity index (χ1) is 19.4. The smallest absolute Gasteiger partial charge is 0.282 e. The average Bonchev–Trinajstić information content (AvgIpc) is 2.96. The summed E-state index contributed by atoms with van der Waals surface area (Å²) in [7, 11) is 1.43. The Balaban J connectivity index is 1.43. The molecule has 1 aromatic heterocycles. The molecule has 5 aromatic rings. The highest BCUT2D eigenvalue weighted by Gasteiger charge is 2.15. The zero-order valence-corrected chi connectivity index (χ0v) is 21.9. The van der Waals surface area contributed by atoms with E-state index in [-0.39, 0.29) is 22.1 Å². The van der Waals surface area contributed by atoms with Gasteiger partial charge in [0.05, 0.1) is 29.2 Å². The number of aromatic nitrogens is 2. The van der Waals surface area contributed by atoms with Crippen LogP contribution in [0.5, 0.6) is 11.5 Å². The quantitative estimate of drug-likeness (QED) is 0.245. The highest BCUT2D eigenvalue weighted by Crippen LogP contribution is 2.36. The number of hydrogen-bond donors (Lipinski definition) is 1. The molecule has 0 radical (unpaired) electrons. The summed E-state index contributed by atoms with van der Waals surface area (Å²) in [6.07, 6.45) is 1.46. The molecule has 10 heteroatoms. The van der Waals surface area contributed by atoms with Gasteiger partial charge in [-0.05, 0) is 48.0 Å². The molecule has 0 aliphatic rings. The van der Waals surface area contributed by atoms with E-state index in [9.17, 15) is 14.0 Å². The normalized spacial score (nSPS) is 11.1. The second-order valence-electron chi connectivity index (χ2n) is 8.56. The van der Waals surface area contributed by atoms with Crippen molar-refractivity contribution in [2.24, 2.45) is 5.10 Å². The SMILES string of the molecule is COc1cc(C=Nn2c(-c3ccccc3)nc3ccccc3c2=O)cc(Cl)c1OCC(=O)Nc1cccc(F)c1. The van der Waals surface area contributed by atoms with Gasteiger partial charge in [-0.25, -0.2) is 9.37 Å². The van der Waals surface area contributed by atoms with Crippen LogP contribution >= 0.6 is 11.6 Å². The number of carbonyl (C=O) groups excluding carboxylic acids is 1. The number of nitrogens with one attached hydrogen (secondary N) is 1. The molecule has 0 aliphatic carbocycles. The van der Waals surface area contributed by atoms with Crippen molar-refractivity contribution in [3.05, 3.63) is 118 Å². The molecule has 0 spiro atoms. The van der Waals surface area contributed by atoms with E-state index in [1.807, 2.05) is 36.4 Å².